The van der Waals surface area contributed by atoms with Crippen LogP contribution in [0.25, 0.3) is 0 Å². The van der Waals surface area contributed by atoms with Gasteiger partial charge < -0.3 is 15.1 Å². The van der Waals surface area contributed by atoms with Gasteiger partial charge in [-0.3, -0.25) is 9.59 Å². The number of piperazine rings is 1. The van der Waals surface area contributed by atoms with Crippen molar-refractivity contribution in [3.63, 3.8) is 0 Å². The molecule has 0 bridgehead atoms. The zero-order valence-corrected chi connectivity index (χ0v) is 11.5. The molecule has 2 rings (SSSR count). The van der Waals surface area contributed by atoms with Crippen LogP contribution in [0.3, 0.4) is 0 Å². The molecule has 102 valence electrons. The molecule has 18 heavy (non-hydrogen) atoms. The number of rotatable bonds is 1. The average Bonchev–Trinajstić information content (AvgIpc) is 2.71. The Hall–Kier alpha value is -1.10. The summed E-state index contributed by atoms with van der Waals surface area (Å²) in [5, 5.41) is 3.23. The molecule has 0 saturated carbocycles. The molecule has 0 aromatic rings. The van der Waals surface area contributed by atoms with Crippen LogP contribution in [0.4, 0.5) is 0 Å². The highest BCUT2D eigenvalue weighted by Gasteiger charge is 2.40. The van der Waals surface area contributed by atoms with Crippen molar-refractivity contribution in [2.75, 3.05) is 32.7 Å². The maximum atomic E-state index is 12.3. The van der Waals surface area contributed by atoms with Gasteiger partial charge in [-0.05, 0) is 20.8 Å². The lowest BCUT2D eigenvalue weighted by molar-refractivity contribution is -0.136. The zero-order valence-electron chi connectivity index (χ0n) is 11.5. The van der Waals surface area contributed by atoms with Gasteiger partial charge in [0.05, 0.1) is 5.92 Å². The lowest BCUT2D eigenvalue weighted by Gasteiger charge is -2.33. The van der Waals surface area contributed by atoms with Crippen LogP contribution in [-0.4, -0.2) is 59.9 Å². The van der Waals surface area contributed by atoms with Crippen molar-refractivity contribution in [1.82, 2.24) is 15.1 Å². The second-order valence-electron chi connectivity index (χ2n) is 6.15. The molecule has 0 aromatic carbocycles. The van der Waals surface area contributed by atoms with Crippen molar-refractivity contribution in [1.29, 1.82) is 0 Å². The van der Waals surface area contributed by atoms with E-state index in [-0.39, 0.29) is 23.3 Å². The van der Waals surface area contributed by atoms with Gasteiger partial charge in [-0.2, -0.15) is 0 Å². The summed E-state index contributed by atoms with van der Waals surface area (Å²) in [5.74, 6) is 0.113. The van der Waals surface area contributed by atoms with Crippen LogP contribution in [-0.2, 0) is 9.59 Å². The fraction of sp³-hybridized carbons (Fsp3) is 0.846. The first kappa shape index (κ1) is 13.3. The van der Waals surface area contributed by atoms with Crippen molar-refractivity contribution >= 4 is 11.8 Å². The molecule has 0 spiro atoms. The topological polar surface area (TPSA) is 52.7 Å². The normalized spacial score (nSPS) is 25.7. The molecule has 5 heteroatoms. The minimum absolute atomic E-state index is 0.107. The van der Waals surface area contributed by atoms with Crippen molar-refractivity contribution < 1.29 is 9.59 Å². The van der Waals surface area contributed by atoms with Crippen molar-refractivity contribution in [3.05, 3.63) is 0 Å². The summed E-state index contributed by atoms with van der Waals surface area (Å²) in [4.78, 5) is 28.0. The maximum absolute atomic E-state index is 12.3. The molecule has 0 aromatic heterocycles. The van der Waals surface area contributed by atoms with E-state index in [4.69, 9.17) is 0 Å². The minimum atomic E-state index is -0.185. The van der Waals surface area contributed by atoms with Crippen LogP contribution in [0.15, 0.2) is 0 Å². The highest BCUT2D eigenvalue weighted by Crippen LogP contribution is 2.27. The van der Waals surface area contributed by atoms with E-state index in [0.29, 0.717) is 13.0 Å². The number of carbonyl (C=O) groups is 2. The predicted octanol–water partition coefficient (Wildman–Crippen LogP) is 0.0652. The van der Waals surface area contributed by atoms with Gasteiger partial charge in [-0.1, -0.05) is 0 Å². The molecule has 2 aliphatic heterocycles. The fourth-order valence-electron chi connectivity index (χ4n) is 2.66. The Bertz CT molecular complexity index is 343. The molecule has 2 fully saturated rings. The van der Waals surface area contributed by atoms with Crippen molar-refractivity contribution in [2.24, 2.45) is 5.92 Å². The number of nitrogens with one attached hydrogen (secondary N) is 1. The van der Waals surface area contributed by atoms with Crippen LogP contribution in [0.2, 0.25) is 0 Å². The lowest BCUT2D eigenvalue weighted by Crippen LogP contribution is -2.49. The third-order valence-electron chi connectivity index (χ3n) is 3.71. The van der Waals surface area contributed by atoms with Crippen LogP contribution in [0.1, 0.15) is 27.2 Å². The van der Waals surface area contributed by atoms with Crippen LogP contribution in [0.5, 0.6) is 0 Å². The molecule has 1 unspecified atom stereocenters. The summed E-state index contributed by atoms with van der Waals surface area (Å²) < 4.78 is 0. The molecule has 0 aliphatic carbocycles. The number of nitrogens with zero attached hydrogens (tertiary/aromatic N) is 2. The number of amides is 2. The number of hydrogen-bond donors (Lipinski definition) is 1. The maximum Gasteiger partial charge on any atom is 0.228 e. The van der Waals surface area contributed by atoms with Gasteiger partial charge in [0.25, 0.3) is 0 Å². The Morgan fingerprint density at radius 1 is 1.28 bits per heavy atom. The first-order chi connectivity index (χ1) is 8.39. The first-order valence-electron chi connectivity index (χ1n) is 6.69. The summed E-state index contributed by atoms with van der Waals surface area (Å²) in [5.41, 5.74) is -0.185. The van der Waals surface area contributed by atoms with E-state index in [9.17, 15) is 9.59 Å². The Morgan fingerprint density at radius 2 is 1.89 bits per heavy atom. The molecule has 1 N–H and O–H groups in total. The Kier molecular flexibility index (Phi) is 3.61. The fourth-order valence-corrected chi connectivity index (χ4v) is 2.66. The van der Waals surface area contributed by atoms with Crippen molar-refractivity contribution in [3.8, 4) is 0 Å². The van der Waals surface area contributed by atoms with Crippen LogP contribution >= 0.6 is 0 Å². The standard InChI is InChI=1S/C13H23N3O2/c1-13(2,3)16-9-10(8-11(16)17)12(18)15-6-4-14-5-7-15/h10,14H,4-9H2,1-3H3. The third-order valence-corrected chi connectivity index (χ3v) is 3.71. The monoisotopic (exact) mass is 253 g/mol. The first-order valence-corrected chi connectivity index (χ1v) is 6.69. The molecule has 0 radical (unpaired) electrons. The van der Waals surface area contributed by atoms with Gasteiger partial charge in [0.2, 0.25) is 11.8 Å². The third kappa shape index (κ3) is 2.66. The molecule has 2 saturated heterocycles. The van der Waals surface area contributed by atoms with E-state index in [1.165, 1.54) is 0 Å². The largest absolute Gasteiger partial charge is 0.340 e. The molecule has 5 nitrogen and oxygen atoms in total. The molecule has 2 aliphatic rings. The smallest absolute Gasteiger partial charge is 0.228 e. The summed E-state index contributed by atoms with van der Waals surface area (Å²) in [6.45, 7) is 9.86. The van der Waals surface area contributed by atoms with Crippen molar-refractivity contribution in [2.45, 2.75) is 32.7 Å². The van der Waals surface area contributed by atoms with E-state index in [1.54, 1.807) is 0 Å². The number of likely N-dealkylation sites (tertiary alicyclic amines) is 1. The SMILES string of the molecule is CC(C)(C)N1CC(C(=O)N2CCNCC2)CC1=O. The molecule has 1 atom stereocenters. The second kappa shape index (κ2) is 4.88. The molecule has 2 heterocycles. The number of carbonyl (C=O) groups excluding carboxylic acids is 2. The van der Waals surface area contributed by atoms with Gasteiger partial charge >= 0.3 is 0 Å². The van der Waals surface area contributed by atoms with Gasteiger partial charge in [-0.25, -0.2) is 0 Å². The van der Waals surface area contributed by atoms with Gasteiger partial charge in [0.15, 0.2) is 0 Å². The van der Waals surface area contributed by atoms with Gasteiger partial charge in [0.1, 0.15) is 0 Å². The van der Waals surface area contributed by atoms with Gasteiger partial charge in [0, 0.05) is 44.7 Å². The van der Waals surface area contributed by atoms with Crippen LogP contribution in [0, 0.1) is 5.92 Å². The highest BCUT2D eigenvalue weighted by molar-refractivity contribution is 5.89. The second-order valence-corrected chi connectivity index (χ2v) is 6.15. The minimum Gasteiger partial charge on any atom is -0.340 e. The van der Waals surface area contributed by atoms with E-state index in [1.807, 2.05) is 30.6 Å². The van der Waals surface area contributed by atoms with E-state index < -0.39 is 0 Å². The summed E-state index contributed by atoms with van der Waals surface area (Å²) in [7, 11) is 0. The summed E-state index contributed by atoms with van der Waals surface area (Å²) in [6.07, 6.45) is 0.375. The molecular formula is C13H23N3O2. The number of hydrogen-bond acceptors (Lipinski definition) is 3. The Morgan fingerprint density at radius 3 is 2.39 bits per heavy atom. The summed E-state index contributed by atoms with van der Waals surface area (Å²) in [6, 6.07) is 0. The van der Waals surface area contributed by atoms with E-state index in [0.717, 1.165) is 26.2 Å². The average molecular weight is 253 g/mol. The molecular weight excluding hydrogens is 230 g/mol. The Balaban J connectivity index is 1.99. The van der Waals surface area contributed by atoms with Gasteiger partial charge in [-0.15, -0.1) is 0 Å². The molecule has 2 amide bonds. The predicted molar refractivity (Wildman–Crippen MR) is 69.0 cm³/mol. The quantitative estimate of drug-likeness (QED) is 0.719. The van der Waals surface area contributed by atoms with E-state index >= 15 is 0 Å². The Labute approximate surface area is 108 Å². The zero-order chi connectivity index (χ0) is 13.3. The lowest BCUT2D eigenvalue weighted by atomic mass is 10.1. The van der Waals surface area contributed by atoms with Crippen LogP contribution < -0.4 is 5.32 Å². The summed E-state index contributed by atoms with van der Waals surface area (Å²) >= 11 is 0. The highest BCUT2D eigenvalue weighted by atomic mass is 16.2. The van der Waals surface area contributed by atoms with E-state index in [2.05, 4.69) is 5.32 Å².